The molecule has 0 saturated carbocycles. The minimum atomic E-state index is -0.703. The third-order valence-electron chi connectivity index (χ3n) is 1.99. The Morgan fingerprint density at radius 1 is 1.54 bits per heavy atom. The highest BCUT2D eigenvalue weighted by molar-refractivity contribution is 5.35. The molecule has 1 heterocycles. The Hall–Kier alpha value is -1.13. The number of hydrogen-bond acceptors (Lipinski definition) is 4. The smallest absolute Gasteiger partial charge is 0.111 e. The summed E-state index contributed by atoms with van der Waals surface area (Å²) < 4.78 is 0. The number of nitrogen functional groups attached to an aromatic ring is 1. The number of aliphatic hydroxyl groups excluding tert-OH is 1. The number of aromatic nitrogens is 1. The summed E-state index contributed by atoms with van der Waals surface area (Å²) >= 11 is 0. The molecule has 1 rings (SSSR count). The molecule has 0 radical (unpaired) electrons. The van der Waals surface area contributed by atoms with Gasteiger partial charge in [-0.3, -0.25) is 4.98 Å². The van der Waals surface area contributed by atoms with Gasteiger partial charge in [0.15, 0.2) is 0 Å². The Kier molecular flexibility index (Phi) is 3.22. The molecule has 2 atom stereocenters. The number of nitrogens with zero attached hydrogens (tertiary/aromatic N) is 1. The van der Waals surface area contributed by atoms with Gasteiger partial charge < -0.3 is 16.6 Å². The Morgan fingerprint density at radius 2 is 2.23 bits per heavy atom. The predicted molar refractivity (Wildman–Crippen MR) is 51.9 cm³/mol. The Morgan fingerprint density at radius 3 is 2.69 bits per heavy atom. The zero-order valence-corrected chi connectivity index (χ0v) is 7.64. The van der Waals surface area contributed by atoms with Crippen LogP contribution in [-0.2, 0) is 0 Å². The second-order valence-electron chi connectivity index (χ2n) is 3.03. The normalized spacial score (nSPS) is 15.3. The SMILES string of the molecule is CC[C@@H](N)[C@@H](O)c1ccc(N)cn1. The van der Waals surface area contributed by atoms with E-state index in [0.717, 1.165) is 0 Å². The van der Waals surface area contributed by atoms with Crippen molar-refractivity contribution in [3.63, 3.8) is 0 Å². The highest BCUT2D eigenvalue weighted by Gasteiger charge is 2.15. The molecule has 1 aromatic rings. The molecule has 0 unspecified atom stereocenters. The first-order valence-electron chi connectivity index (χ1n) is 4.30. The molecule has 13 heavy (non-hydrogen) atoms. The summed E-state index contributed by atoms with van der Waals surface area (Å²) in [6.07, 6.45) is 1.53. The third kappa shape index (κ3) is 2.40. The van der Waals surface area contributed by atoms with Gasteiger partial charge >= 0.3 is 0 Å². The molecule has 72 valence electrons. The first-order valence-corrected chi connectivity index (χ1v) is 4.30. The fraction of sp³-hybridized carbons (Fsp3) is 0.444. The van der Waals surface area contributed by atoms with Crippen LogP contribution in [0.5, 0.6) is 0 Å². The van der Waals surface area contributed by atoms with Gasteiger partial charge in [0, 0.05) is 6.04 Å². The minimum absolute atomic E-state index is 0.267. The topological polar surface area (TPSA) is 85.2 Å². The number of rotatable bonds is 3. The van der Waals surface area contributed by atoms with Crippen LogP contribution in [0.3, 0.4) is 0 Å². The lowest BCUT2D eigenvalue weighted by atomic mass is 10.1. The number of aliphatic hydroxyl groups is 1. The van der Waals surface area contributed by atoms with E-state index in [1.165, 1.54) is 6.20 Å². The average Bonchev–Trinajstić information content (AvgIpc) is 2.17. The van der Waals surface area contributed by atoms with Gasteiger partial charge in [0.05, 0.1) is 17.6 Å². The maximum Gasteiger partial charge on any atom is 0.111 e. The van der Waals surface area contributed by atoms with E-state index in [2.05, 4.69) is 4.98 Å². The number of hydrogen-bond donors (Lipinski definition) is 3. The van der Waals surface area contributed by atoms with Gasteiger partial charge in [-0.2, -0.15) is 0 Å². The van der Waals surface area contributed by atoms with Gasteiger partial charge in [-0.05, 0) is 18.6 Å². The first-order chi connectivity index (χ1) is 6.15. The Bertz CT molecular complexity index is 260. The van der Waals surface area contributed by atoms with Crippen LogP contribution >= 0.6 is 0 Å². The molecule has 0 bridgehead atoms. The summed E-state index contributed by atoms with van der Waals surface area (Å²) in [4.78, 5) is 3.99. The van der Waals surface area contributed by atoms with E-state index in [1.807, 2.05) is 6.92 Å². The van der Waals surface area contributed by atoms with Crippen LogP contribution in [0, 0.1) is 0 Å². The third-order valence-corrected chi connectivity index (χ3v) is 1.99. The molecule has 0 fully saturated rings. The minimum Gasteiger partial charge on any atom is -0.397 e. The molecule has 4 heteroatoms. The van der Waals surface area contributed by atoms with Crippen LogP contribution in [0.2, 0.25) is 0 Å². The first kappa shape index (κ1) is 9.95. The van der Waals surface area contributed by atoms with Gasteiger partial charge in [-0.15, -0.1) is 0 Å². The fourth-order valence-corrected chi connectivity index (χ4v) is 1.03. The lowest BCUT2D eigenvalue weighted by Gasteiger charge is -2.16. The highest BCUT2D eigenvalue weighted by atomic mass is 16.3. The second-order valence-corrected chi connectivity index (χ2v) is 3.03. The second kappa shape index (κ2) is 4.20. The van der Waals surface area contributed by atoms with Crippen molar-refractivity contribution in [2.24, 2.45) is 5.73 Å². The van der Waals surface area contributed by atoms with Crippen LogP contribution in [0.15, 0.2) is 18.3 Å². The maximum atomic E-state index is 9.65. The van der Waals surface area contributed by atoms with Gasteiger partial charge in [0.25, 0.3) is 0 Å². The van der Waals surface area contributed by atoms with Gasteiger partial charge in [-0.25, -0.2) is 0 Å². The van der Waals surface area contributed by atoms with Crippen LogP contribution < -0.4 is 11.5 Å². The largest absolute Gasteiger partial charge is 0.397 e. The van der Waals surface area contributed by atoms with Crippen molar-refractivity contribution in [3.05, 3.63) is 24.0 Å². The summed E-state index contributed by atoms with van der Waals surface area (Å²) in [5.41, 5.74) is 12.3. The molecule has 0 aliphatic carbocycles. The molecule has 4 nitrogen and oxygen atoms in total. The van der Waals surface area contributed by atoms with Crippen molar-refractivity contribution in [1.82, 2.24) is 4.98 Å². The zero-order valence-electron chi connectivity index (χ0n) is 7.64. The van der Waals surface area contributed by atoms with Gasteiger partial charge in [0.2, 0.25) is 0 Å². The predicted octanol–water partition coefficient (Wildman–Crippen LogP) is 0.434. The van der Waals surface area contributed by atoms with E-state index >= 15 is 0 Å². The molecular formula is C9H15N3O. The zero-order chi connectivity index (χ0) is 9.84. The quantitative estimate of drug-likeness (QED) is 0.631. The average molecular weight is 181 g/mol. The molecule has 0 aromatic carbocycles. The van der Waals surface area contributed by atoms with E-state index in [4.69, 9.17) is 11.5 Å². The van der Waals surface area contributed by atoms with Crippen LogP contribution in [0.4, 0.5) is 5.69 Å². The Labute approximate surface area is 77.6 Å². The van der Waals surface area contributed by atoms with Crippen molar-refractivity contribution in [2.45, 2.75) is 25.5 Å². The molecule has 5 N–H and O–H groups in total. The summed E-state index contributed by atoms with van der Waals surface area (Å²) in [6.45, 7) is 1.92. The maximum absolute atomic E-state index is 9.65. The summed E-state index contributed by atoms with van der Waals surface area (Å²) in [6, 6.07) is 3.12. The molecule has 0 saturated heterocycles. The van der Waals surface area contributed by atoms with Gasteiger partial charge in [0.1, 0.15) is 6.10 Å². The lowest BCUT2D eigenvalue weighted by Crippen LogP contribution is -2.27. The number of anilines is 1. The monoisotopic (exact) mass is 181 g/mol. The summed E-state index contributed by atoms with van der Waals surface area (Å²) in [5, 5.41) is 9.65. The Balaban J connectivity index is 2.77. The molecule has 0 aliphatic heterocycles. The molecule has 1 aromatic heterocycles. The van der Waals surface area contributed by atoms with E-state index in [9.17, 15) is 5.11 Å². The molecule has 0 spiro atoms. The van der Waals surface area contributed by atoms with E-state index < -0.39 is 6.10 Å². The van der Waals surface area contributed by atoms with Crippen molar-refractivity contribution in [2.75, 3.05) is 5.73 Å². The van der Waals surface area contributed by atoms with Crippen molar-refractivity contribution in [3.8, 4) is 0 Å². The van der Waals surface area contributed by atoms with E-state index in [-0.39, 0.29) is 6.04 Å². The summed E-state index contributed by atoms with van der Waals surface area (Å²) in [5.74, 6) is 0. The van der Waals surface area contributed by atoms with E-state index in [0.29, 0.717) is 17.8 Å². The van der Waals surface area contributed by atoms with Crippen molar-refractivity contribution < 1.29 is 5.11 Å². The van der Waals surface area contributed by atoms with Crippen LogP contribution in [0.25, 0.3) is 0 Å². The molecule has 0 aliphatic rings. The number of nitrogens with two attached hydrogens (primary N) is 2. The number of pyridine rings is 1. The summed E-state index contributed by atoms with van der Waals surface area (Å²) in [7, 11) is 0. The van der Waals surface area contributed by atoms with Crippen LogP contribution in [-0.4, -0.2) is 16.1 Å². The molecule has 0 amide bonds. The van der Waals surface area contributed by atoms with Crippen LogP contribution in [0.1, 0.15) is 25.1 Å². The highest BCUT2D eigenvalue weighted by Crippen LogP contribution is 2.15. The fourth-order valence-electron chi connectivity index (χ4n) is 1.03. The van der Waals surface area contributed by atoms with Crippen molar-refractivity contribution in [1.29, 1.82) is 0 Å². The molecular weight excluding hydrogens is 166 g/mol. The standard InChI is InChI=1S/C9H15N3O/c1-2-7(11)9(13)8-4-3-6(10)5-12-8/h3-5,7,9,13H,2,10-11H2,1H3/t7-,9-/m1/s1. The van der Waals surface area contributed by atoms with E-state index in [1.54, 1.807) is 12.1 Å². The van der Waals surface area contributed by atoms with Crippen molar-refractivity contribution >= 4 is 5.69 Å². The lowest BCUT2D eigenvalue weighted by molar-refractivity contribution is 0.140. The van der Waals surface area contributed by atoms with Gasteiger partial charge in [-0.1, -0.05) is 6.92 Å².